The Morgan fingerprint density at radius 3 is 2.62 bits per heavy atom. The Bertz CT molecular complexity index is 969. The lowest BCUT2D eigenvalue weighted by Crippen LogP contribution is -2.21. The fourth-order valence-electron chi connectivity index (χ4n) is 2.60. The Labute approximate surface area is 150 Å². The van der Waals surface area contributed by atoms with Crippen LogP contribution < -0.4 is 0 Å². The van der Waals surface area contributed by atoms with E-state index in [1.165, 1.54) is 6.08 Å². The molecule has 26 heavy (non-hydrogen) atoms. The molecule has 1 aromatic carbocycles. The second kappa shape index (κ2) is 6.92. The van der Waals surface area contributed by atoms with Crippen LogP contribution in [-0.2, 0) is 6.54 Å². The first-order chi connectivity index (χ1) is 12.4. The van der Waals surface area contributed by atoms with Gasteiger partial charge in [-0.1, -0.05) is 30.8 Å². The van der Waals surface area contributed by atoms with Gasteiger partial charge in [-0.3, -0.25) is 9.59 Å². The van der Waals surface area contributed by atoms with Gasteiger partial charge in [0.05, 0.1) is 6.54 Å². The van der Waals surface area contributed by atoms with Gasteiger partial charge in [0.15, 0.2) is 11.5 Å². The van der Waals surface area contributed by atoms with Crippen LogP contribution in [0.3, 0.4) is 0 Å². The molecule has 0 aliphatic heterocycles. The predicted molar refractivity (Wildman–Crippen MR) is 95.2 cm³/mol. The number of oxazole rings is 1. The highest BCUT2D eigenvalue weighted by Gasteiger charge is 2.35. The number of fused-ring (bicyclic) bond motifs is 3. The van der Waals surface area contributed by atoms with Gasteiger partial charge in [-0.15, -0.1) is 0 Å². The molecule has 0 spiro atoms. The zero-order chi connectivity index (χ0) is 18.8. The van der Waals surface area contributed by atoms with E-state index in [1.54, 1.807) is 49.2 Å². The van der Waals surface area contributed by atoms with Crippen molar-refractivity contribution in [3.05, 3.63) is 77.7 Å². The number of aromatic nitrogens is 1. The lowest BCUT2D eigenvalue weighted by molar-refractivity contribution is 0.0812. The molecule has 0 atom stereocenters. The summed E-state index contributed by atoms with van der Waals surface area (Å²) in [6, 6.07) is 6.79. The number of Topliss-reactive ketones (excluding diaryl/α,β-unsaturated/α-hetero) is 2. The third kappa shape index (κ3) is 3.13. The van der Waals surface area contributed by atoms with Crippen LogP contribution in [0.15, 0.2) is 65.0 Å². The molecular weight excluding hydrogens is 335 g/mol. The number of allylic oxidation sites excluding steroid dienone is 5. The van der Waals surface area contributed by atoms with Gasteiger partial charge in [0.2, 0.25) is 11.7 Å². The van der Waals surface area contributed by atoms with Gasteiger partial charge in [0.25, 0.3) is 5.78 Å². The smallest absolute Gasteiger partial charge is 0.255 e. The molecule has 0 N–H and O–H groups in total. The molecule has 1 aromatic heterocycles. The molecule has 0 saturated carbocycles. The maximum atomic E-state index is 13.1. The van der Waals surface area contributed by atoms with E-state index in [0.717, 1.165) is 11.8 Å². The summed E-state index contributed by atoms with van der Waals surface area (Å²) in [5, 5.41) is 0. The van der Waals surface area contributed by atoms with Crippen molar-refractivity contribution >= 4 is 11.6 Å². The molecule has 3 rings (SSSR count). The van der Waals surface area contributed by atoms with E-state index < -0.39 is 17.4 Å². The van der Waals surface area contributed by atoms with Crippen LogP contribution in [-0.4, -0.2) is 28.5 Å². The van der Waals surface area contributed by atoms with E-state index in [1.807, 2.05) is 0 Å². The third-order valence-corrected chi connectivity index (χ3v) is 4.16. The maximum Gasteiger partial charge on any atom is 0.255 e. The molecule has 0 fully saturated rings. The Morgan fingerprint density at radius 2 is 1.92 bits per heavy atom. The molecule has 0 saturated heterocycles. The number of rotatable bonds is 5. The second-order valence-electron chi connectivity index (χ2n) is 5.91. The first-order valence-electron chi connectivity index (χ1n) is 7.98. The largest absolute Gasteiger partial charge is 0.438 e. The number of ketones is 2. The Balaban J connectivity index is 1.90. The molecule has 0 bridgehead atoms. The summed E-state index contributed by atoms with van der Waals surface area (Å²) < 4.78 is 18.9. The van der Waals surface area contributed by atoms with E-state index in [-0.39, 0.29) is 12.2 Å². The minimum Gasteiger partial charge on any atom is -0.438 e. The zero-order valence-electron chi connectivity index (χ0n) is 14.5. The number of carbonyl (C=O) groups is 2. The van der Waals surface area contributed by atoms with Crippen molar-refractivity contribution in [1.82, 2.24) is 9.88 Å². The normalized spacial score (nSPS) is 14.1. The molecule has 5 nitrogen and oxygen atoms in total. The van der Waals surface area contributed by atoms with Crippen molar-refractivity contribution in [1.29, 1.82) is 0 Å². The molecule has 2 aromatic rings. The minimum atomic E-state index is -0.667. The standard InChI is InChI=1S/C20H17FN2O3/c1-4-13(21)10-9-12(2)23(3)11-16-22-17-19(25)18(24)14-7-5-6-8-15(14)20(17)26-16/h4-10H,1,11H2,2-3H3/b12-9+,13-10+. The molecule has 132 valence electrons. The molecule has 1 heterocycles. The van der Waals surface area contributed by atoms with Crippen LogP contribution in [0, 0.1) is 0 Å². The van der Waals surface area contributed by atoms with E-state index in [9.17, 15) is 14.0 Å². The average Bonchev–Trinajstić information content (AvgIpc) is 3.07. The van der Waals surface area contributed by atoms with Crippen molar-refractivity contribution in [2.75, 3.05) is 7.05 Å². The number of halogens is 1. The lowest BCUT2D eigenvalue weighted by Gasteiger charge is -2.17. The molecule has 1 aliphatic carbocycles. The highest BCUT2D eigenvalue weighted by Crippen LogP contribution is 2.34. The maximum absolute atomic E-state index is 13.1. The Hall–Kier alpha value is -3.28. The van der Waals surface area contributed by atoms with Gasteiger partial charge in [0.1, 0.15) is 5.83 Å². The van der Waals surface area contributed by atoms with E-state index in [4.69, 9.17) is 4.42 Å². The van der Waals surface area contributed by atoms with Crippen LogP contribution >= 0.6 is 0 Å². The molecule has 0 radical (unpaired) electrons. The number of carbonyl (C=O) groups excluding carboxylic acids is 2. The SMILES string of the molecule is C=C/C(F)=C\C=C(/C)N(C)Cc1nc2c(o1)-c1ccccc1C(=O)C2=O. The van der Waals surface area contributed by atoms with E-state index >= 15 is 0 Å². The molecule has 6 heteroatoms. The summed E-state index contributed by atoms with van der Waals surface area (Å²) in [6.07, 6.45) is 4.02. The highest BCUT2D eigenvalue weighted by atomic mass is 19.1. The first kappa shape index (κ1) is 17.5. The van der Waals surface area contributed by atoms with Crippen LogP contribution in [0.5, 0.6) is 0 Å². The number of benzene rings is 1. The van der Waals surface area contributed by atoms with Crippen LogP contribution in [0.25, 0.3) is 11.3 Å². The van der Waals surface area contributed by atoms with Gasteiger partial charge in [-0.05, 0) is 25.2 Å². The van der Waals surface area contributed by atoms with Crippen molar-refractivity contribution in [2.24, 2.45) is 0 Å². The van der Waals surface area contributed by atoms with Crippen molar-refractivity contribution in [3.63, 3.8) is 0 Å². The van der Waals surface area contributed by atoms with Gasteiger partial charge < -0.3 is 9.32 Å². The van der Waals surface area contributed by atoms with Crippen LogP contribution in [0.1, 0.15) is 33.7 Å². The zero-order valence-corrected chi connectivity index (χ0v) is 14.5. The Kier molecular flexibility index (Phi) is 4.67. The summed E-state index contributed by atoms with van der Waals surface area (Å²) in [5.74, 6) is -1.07. The highest BCUT2D eigenvalue weighted by molar-refractivity contribution is 6.52. The topological polar surface area (TPSA) is 63.4 Å². The third-order valence-electron chi connectivity index (χ3n) is 4.16. The van der Waals surface area contributed by atoms with Gasteiger partial charge >= 0.3 is 0 Å². The monoisotopic (exact) mass is 352 g/mol. The summed E-state index contributed by atoms with van der Waals surface area (Å²) >= 11 is 0. The number of hydrogen-bond donors (Lipinski definition) is 0. The van der Waals surface area contributed by atoms with Crippen LogP contribution in [0.2, 0.25) is 0 Å². The summed E-state index contributed by atoms with van der Waals surface area (Å²) in [5.41, 5.74) is 1.69. The first-order valence-corrected chi connectivity index (χ1v) is 7.98. The molecule has 0 amide bonds. The van der Waals surface area contributed by atoms with E-state index in [0.29, 0.717) is 22.8 Å². The quantitative estimate of drug-likeness (QED) is 0.599. The predicted octanol–water partition coefficient (Wildman–Crippen LogP) is 4.10. The minimum absolute atomic E-state index is 0.0383. The molecular formula is C20H17FN2O3. The Morgan fingerprint density at radius 1 is 1.23 bits per heavy atom. The van der Waals surface area contributed by atoms with Gasteiger partial charge in [-0.2, -0.15) is 0 Å². The van der Waals surface area contributed by atoms with Crippen molar-refractivity contribution < 1.29 is 18.4 Å². The summed E-state index contributed by atoms with van der Waals surface area (Å²) in [6.45, 7) is 5.42. The second-order valence-corrected chi connectivity index (χ2v) is 5.91. The summed E-state index contributed by atoms with van der Waals surface area (Å²) in [4.78, 5) is 30.5. The fraction of sp³-hybridized carbons (Fsp3) is 0.150. The lowest BCUT2D eigenvalue weighted by atomic mass is 9.91. The van der Waals surface area contributed by atoms with Gasteiger partial charge in [0, 0.05) is 23.9 Å². The van der Waals surface area contributed by atoms with Crippen LogP contribution in [0.4, 0.5) is 4.39 Å². The fourth-order valence-corrected chi connectivity index (χ4v) is 2.60. The average molecular weight is 352 g/mol. The van der Waals surface area contributed by atoms with E-state index in [2.05, 4.69) is 11.6 Å². The van der Waals surface area contributed by atoms with Crippen molar-refractivity contribution in [2.45, 2.75) is 13.5 Å². The molecule has 1 aliphatic rings. The molecule has 0 unspecified atom stereocenters. The summed E-state index contributed by atoms with van der Waals surface area (Å²) in [7, 11) is 1.79. The van der Waals surface area contributed by atoms with Gasteiger partial charge in [-0.25, -0.2) is 9.37 Å². The van der Waals surface area contributed by atoms with Crippen molar-refractivity contribution in [3.8, 4) is 11.3 Å². The number of hydrogen-bond acceptors (Lipinski definition) is 5. The number of nitrogens with zero attached hydrogens (tertiary/aromatic N) is 2.